The maximum absolute atomic E-state index is 12.7. The maximum atomic E-state index is 12.7. The van der Waals surface area contributed by atoms with E-state index in [0.29, 0.717) is 25.2 Å². The van der Waals surface area contributed by atoms with Crippen LogP contribution in [0.1, 0.15) is 10.6 Å². The molecule has 9 heteroatoms. The number of thiazole rings is 1. The van der Waals surface area contributed by atoms with Crippen molar-refractivity contribution in [2.45, 2.75) is 25.3 Å². The van der Waals surface area contributed by atoms with Crippen LogP contribution in [-0.2, 0) is 17.8 Å². The van der Waals surface area contributed by atoms with Gasteiger partial charge in [0.25, 0.3) is 0 Å². The first kappa shape index (κ1) is 13.2. The minimum atomic E-state index is -4.70. The number of halogens is 4. The van der Waals surface area contributed by atoms with Crippen LogP contribution in [0.4, 0.5) is 22.7 Å². The van der Waals surface area contributed by atoms with Crippen molar-refractivity contribution >= 4 is 22.4 Å². The second kappa shape index (κ2) is 4.81. The van der Waals surface area contributed by atoms with E-state index >= 15 is 0 Å². The summed E-state index contributed by atoms with van der Waals surface area (Å²) in [7, 11) is 0. The highest BCUT2D eigenvalue weighted by Gasteiger charge is 2.49. The van der Waals surface area contributed by atoms with Crippen molar-refractivity contribution in [1.82, 2.24) is 10.3 Å². The van der Waals surface area contributed by atoms with Crippen LogP contribution < -0.4 is 10.6 Å². The first-order chi connectivity index (χ1) is 8.41. The second-order valence-electron chi connectivity index (χ2n) is 3.69. The molecule has 0 aromatic carbocycles. The van der Waals surface area contributed by atoms with E-state index < -0.39 is 18.3 Å². The lowest BCUT2D eigenvalue weighted by atomic mass is 10.2. The van der Waals surface area contributed by atoms with E-state index in [1.807, 2.05) is 0 Å². The molecule has 0 unspecified atom stereocenters. The molecule has 18 heavy (non-hydrogen) atoms. The Morgan fingerprint density at radius 2 is 2.22 bits per heavy atom. The number of alkyl halides is 4. The summed E-state index contributed by atoms with van der Waals surface area (Å²) in [4.78, 5) is 15.7. The summed E-state index contributed by atoms with van der Waals surface area (Å²) in [6.07, 6.45) is -3.42. The Balaban J connectivity index is 2.10. The van der Waals surface area contributed by atoms with Gasteiger partial charge in [0, 0.05) is 24.4 Å². The Bertz CT molecular complexity index is 439. The van der Waals surface area contributed by atoms with Crippen molar-refractivity contribution in [3.8, 4) is 0 Å². The van der Waals surface area contributed by atoms with Crippen molar-refractivity contribution in [1.29, 1.82) is 0 Å². The molecule has 1 aliphatic rings. The lowest BCUT2D eigenvalue weighted by Crippen LogP contribution is -2.40. The molecule has 1 aromatic heterocycles. The molecule has 0 fully saturated rings. The monoisotopic (exact) mass is 283 g/mol. The summed E-state index contributed by atoms with van der Waals surface area (Å²) in [6, 6.07) is 0. The van der Waals surface area contributed by atoms with Gasteiger partial charge in [-0.3, -0.25) is 10.1 Å². The number of anilines is 1. The van der Waals surface area contributed by atoms with E-state index in [1.165, 1.54) is 0 Å². The molecule has 1 aliphatic heterocycles. The van der Waals surface area contributed by atoms with E-state index in [4.69, 9.17) is 0 Å². The molecular weight excluding hydrogens is 274 g/mol. The maximum Gasteiger partial charge on any atom is 0.383 e. The molecule has 4 nitrogen and oxygen atoms in total. The summed E-state index contributed by atoms with van der Waals surface area (Å²) in [6.45, 7) is 1.24. The number of nitrogens with zero attached hydrogens (tertiary/aromatic N) is 1. The molecule has 100 valence electrons. The van der Waals surface area contributed by atoms with Crippen LogP contribution in [0.25, 0.3) is 0 Å². The van der Waals surface area contributed by atoms with E-state index in [0.717, 1.165) is 16.2 Å². The van der Waals surface area contributed by atoms with Crippen LogP contribution in [0.3, 0.4) is 0 Å². The van der Waals surface area contributed by atoms with Crippen LogP contribution in [0.15, 0.2) is 0 Å². The van der Waals surface area contributed by atoms with Crippen LogP contribution in [-0.4, -0.2) is 29.8 Å². The molecule has 2 rings (SSSR count). The SMILES string of the molecule is O=C(Nc1nc2c(s1)CNCC2)C(F)(F)C(F)F. The van der Waals surface area contributed by atoms with Crippen LogP contribution in [0, 0.1) is 0 Å². The number of rotatable bonds is 3. The van der Waals surface area contributed by atoms with Gasteiger partial charge < -0.3 is 5.32 Å². The van der Waals surface area contributed by atoms with Gasteiger partial charge in [-0.1, -0.05) is 0 Å². The number of hydrogen-bond acceptors (Lipinski definition) is 4. The predicted molar refractivity (Wildman–Crippen MR) is 57.1 cm³/mol. The summed E-state index contributed by atoms with van der Waals surface area (Å²) in [5.74, 6) is -6.73. The zero-order chi connectivity index (χ0) is 13.3. The fourth-order valence-electron chi connectivity index (χ4n) is 1.46. The fraction of sp³-hybridized carbons (Fsp3) is 0.556. The standard InChI is InChI=1S/C9H9F4N3OS/c10-6(11)9(12,13)7(17)16-8-15-4-1-2-14-3-5(4)18-8/h6,14H,1-3H2,(H,15,16,17). The number of carbonyl (C=O) groups excluding carboxylic acids is 1. The third-order valence-electron chi connectivity index (χ3n) is 2.40. The molecule has 1 amide bonds. The van der Waals surface area contributed by atoms with E-state index in [9.17, 15) is 22.4 Å². The summed E-state index contributed by atoms with van der Waals surface area (Å²) in [5.41, 5.74) is 0.703. The normalized spacial score (nSPS) is 15.6. The molecular formula is C9H9F4N3OS. The van der Waals surface area contributed by atoms with Gasteiger partial charge in [-0.2, -0.15) is 8.78 Å². The number of carbonyl (C=O) groups is 1. The zero-order valence-electron chi connectivity index (χ0n) is 8.97. The number of fused-ring (bicyclic) bond motifs is 1. The first-order valence-corrected chi connectivity index (χ1v) is 5.89. The minimum Gasteiger partial charge on any atom is -0.311 e. The summed E-state index contributed by atoms with van der Waals surface area (Å²) in [5, 5.41) is 4.70. The van der Waals surface area contributed by atoms with Crippen molar-refractivity contribution < 1.29 is 22.4 Å². The van der Waals surface area contributed by atoms with Gasteiger partial charge in [0.15, 0.2) is 5.13 Å². The molecule has 0 aliphatic carbocycles. The third kappa shape index (κ3) is 2.46. The van der Waals surface area contributed by atoms with Gasteiger partial charge in [0.05, 0.1) is 5.69 Å². The van der Waals surface area contributed by atoms with Gasteiger partial charge in [0.2, 0.25) is 0 Å². The van der Waals surface area contributed by atoms with Crippen molar-refractivity contribution in [3.63, 3.8) is 0 Å². The molecule has 2 N–H and O–H groups in total. The van der Waals surface area contributed by atoms with E-state index in [-0.39, 0.29) is 5.13 Å². The molecule has 0 saturated carbocycles. The molecule has 2 heterocycles. The van der Waals surface area contributed by atoms with Crippen LogP contribution in [0.2, 0.25) is 0 Å². The molecule has 0 saturated heterocycles. The summed E-state index contributed by atoms with van der Waals surface area (Å²) >= 11 is 1.01. The lowest BCUT2D eigenvalue weighted by Gasteiger charge is -2.13. The minimum absolute atomic E-state index is 0.0750. The average molecular weight is 283 g/mol. The van der Waals surface area contributed by atoms with E-state index in [2.05, 4.69) is 10.3 Å². The number of aromatic nitrogens is 1. The quantitative estimate of drug-likeness (QED) is 0.829. The second-order valence-corrected chi connectivity index (χ2v) is 4.78. The molecule has 1 aromatic rings. The number of amides is 1. The van der Waals surface area contributed by atoms with Crippen LogP contribution >= 0.6 is 11.3 Å². The Kier molecular flexibility index (Phi) is 3.53. The van der Waals surface area contributed by atoms with Crippen LogP contribution in [0.5, 0.6) is 0 Å². The molecule has 0 bridgehead atoms. The highest BCUT2D eigenvalue weighted by atomic mass is 32.1. The van der Waals surface area contributed by atoms with Crippen molar-refractivity contribution in [2.24, 2.45) is 0 Å². The smallest absolute Gasteiger partial charge is 0.311 e. The summed E-state index contributed by atoms with van der Waals surface area (Å²) < 4.78 is 49.3. The lowest BCUT2D eigenvalue weighted by molar-refractivity contribution is -0.163. The van der Waals surface area contributed by atoms with Gasteiger partial charge in [-0.15, -0.1) is 11.3 Å². The largest absolute Gasteiger partial charge is 0.383 e. The number of hydrogen-bond donors (Lipinski definition) is 2. The van der Waals surface area contributed by atoms with Gasteiger partial charge in [-0.05, 0) is 0 Å². The topological polar surface area (TPSA) is 54.0 Å². The Labute approximate surface area is 103 Å². The van der Waals surface area contributed by atoms with Crippen molar-refractivity contribution in [3.05, 3.63) is 10.6 Å². The van der Waals surface area contributed by atoms with E-state index in [1.54, 1.807) is 5.32 Å². The average Bonchev–Trinajstić information content (AvgIpc) is 2.70. The highest BCUT2D eigenvalue weighted by Crippen LogP contribution is 2.28. The van der Waals surface area contributed by atoms with Gasteiger partial charge >= 0.3 is 18.3 Å². The zero-order valence-corrected chi connectivity index (χ0v) is 9.79. The molecule has 0 radical (unpaired) electrons. The highest BCUT2D eigenvalue weighted by molar-refractivity contribution is 7.15. The fourth-order valence-corrected chi connectivity index (χ4v) is 2.43. The molecule has 0 spiro atoms. The predicted octanol–water partition coefficient (Wildman–Crippen LogP) is 1.63. The first-order valence-electron chi connectivity index (χ1n) is 5.08. The van der Waals surface area contributed by atoms with Gasteiger partial charge in [-0.25, -0.2) is 13.8 Å². The van der Waals surface area contributed by atoms with Crippen molar-refractivity contribution in [2.75, 3.05) is 11.9 Å². The Hall–Kier alpha value is -1.22. The third-order valence-corrected chi connectivity index (χ3v) is 3.41. The Morgan fingerprint density at radius 1 is 1.50 bits per heavy atom. The number of nitrogens with one attached hydrogen (secondary N) is 2. The Morgan fingerprint density at radius 3 is 2.83 bits per heavy atom. The molecule has 0 atom stereocenters. The van der Waals surface area contributed by atoms with Gasteiger partial charge in [0.1, 0.15) is 0 Å².